The molecule has 0 unspecified atom stereocenters. The van der Waals surface area contributed by atoms with Crippen molar-refractivity contribution < 1.29 is 9.53 Å². The van der Waals surface area contributed by atoms with Crippen molar-refractivity contribution in [1.29, 1.82) is 0 Å². The summed E-state index contributed by atoms with van der Waals surface area (Å²) in [7, 11) is 3.63. The quantitative estimate of drug-likeness (QED) is 0.706. The van der Waals surface area contributed by atoms with E-state index in [1.54, 1.807) is 31.4 Å². The number of amides is 1. The number of likely N-dealkylation sites (N-methyl/N-ethyl adjacent to an activating group) is 1. The lowest BCUT2D eigenvalue weighted by Gasteiger charge is -2.15. The highest BCUT2D eigenvalue weighted by atomic mass is 32.1. The molecule has 0 radical (unpaired) electrons. The van der Waals surface area contributed by atoms with E-state index in [2.05, 4.69) is 10.2 Å². The maximum absolute atomic E-state index is 11.8. The largest absolute Gasteiger partial charge is 0.389 e. The van der Waals surface area contributed by atoms with Crippen molar-refractivity contribution in [3.63, 3.8) is 0 Å². The molecule has 0 heterocycles. The first-order valence-corrected chi connectivity index (χ1v) is 6.81. The molecule has 0 saturated carbocycles. The van der Waals surface area contributed by atoms with Crippen LogP contribution in [0.1, 0.15) is 12.0 Å². The van der Waals surface area contributed by atoms with Gasteiger partial charge in [0.15, 0.2) is 0 Å². The van der Waals surface area contributed by atoms with Crippen LogP contribution in [0.25, 0.3) is 0 Å². The summed E-state index contributed by atoms with van der Waals surface area (Å²) in [5, 5.41) is 2.84. The smallest absolute Gasteiger partial charge is 0.225 e. The Morgan fingerprint density at radius 3 is 2.55 bits per heavy atom. The number of nitrogens with one attached hydrogen (secondary N) is 1. The summed E-state index contributed by atoms with van der Waals surface area (Å²) >= 11 is 4.87. The Hall–Kier alpha value is -1.50. The van der Waals surface area contributed by atoms with Crippen molar-refractivity contribution in [2.24, 2.45) is 5.73 Å². The zero-order valence-electron chi connectivity index (χ0n) is 11.9. The minimum atomic E-state index is -0.0164. The predicted molar refractivity (Wildman–Crippen MR) is 84.9 cm³/mol. The number of carbonyl (C=O) groups excluding carboxylic acids is 1. The average Bonchev–Trinajstić information content (AvgIpc) is 2.43. The van der Waals surface area contributed by atoms with E-state index in [4.69, 9.17) is 22.7 Å². The number of benzene rings is 1. The van der Waals surface area contributed by atoms with E-state index < -0.39 is 0 Å². The Balaban J connectivity index is 2.36. The summed E-state index contributed by atoms with van der Waals surface area (Å²) in [5.41, 5.74) is 7.05. The van der Waals surface area contributed by atoms with Gasteiger partial charge in [-0.25, -0.2) is 0 Å². The first kappa shape index (κ1) is 16.6. The van der Waals surface area contributed by atoms with E-state index in [0.717, 1.165) is 17.8 Å². The topological polar surface area (TPSA) is 67.6 Å². The Labute approximate surface area is 125 Å². The van der Waals surface area contributed by atoms with Crippen LogP contribution in [0, 0.1) is 0 Å². The molecule has 0 aliphatic carbocycles. The Morgan fingerprint density at radius 2 is 2.00 bits per heavy atom. The van der Waals surface area contributed by atoms with Crippen molar-refractivity contribution in [3.05, 3.63) is 29.8 Å². The molecule has 1 amide bonds. The molecule has 0 spiro atoms. The molecule has 6 heteroatoms. The van der Waals surface area contributed by atoms with Gasteiger partial charge in [0.25, 0.3) is 0 Å². The van der Waals surface area contributed by atoms with Crippen LogP contribution in [0.4, 0.5) is 5.69 Å². The highest BCUT2D eigenvalue weighted by Gasteiger charge is 2.05. The lowest BCUT2D eigenvalue weighted by Crippen LogP contribution is -2.27. The molecule has 3 N–H and O–H groups in total. The van der Waals surface area contributed by atoms with Crippen molar-refractivity contribution in [2.75, 3.05) is 39.2 Å². The summed E-state index contributed by atoms with van der Waals surface area (Å²) in [6, 6.07) is 7.17. The van der Waals surface area contributed by atoms with Gasteiger partial charge < -0.3 is 20.7 Å². The third kappa shape index (κ3) is 6.10. The third-order valence-electron chi connectivity index (χ3n) is 2.85. The van der Waals surface area contributed by atoms with Gasteiger partial charge in [0.2, 0.25) is 5.91 Å². The van der Waals surface area contributed by atoms with Crippen molar-refractivity contribution in [2.45, 2.75) is 6.42 Å². The van der Waals surface area contributed by atoms with Crippen LogP contribution in [0.2, 0.25) is 0 Å². The van der Waals surface area contributed by atoms with Crippen LogP contribution in [-0.2, 0) is 9.53 Å². The molecular weight excluding hydrogens is 274 g/mol. The van der Waals surface area contributed by atoms with Gasteiger partial charge >= 0.3 is 0 Å². The van der Waals surface area contributed by atoms with E-state index in [1.807, 2.05) is 7.05 Å². The molecule has 1 rings (SSSR count). The van der Waals surface area contributed by atoms with Crippen LogP contribution in [-0.4, -0.2) is 49.6 Å². The number of methoxy groups -OCH3 is 1. The minimum absolute atomic E-state index is 0.0164. The minimum Gasteiger partial charge on any atom is -0.389 e. The highest BCUT2D eigenvalue weighted by molar-refractivity contribution is 7.80. The first-order chi connectivity index (χ1) is 9.52. The number of nitrogens with two attached hydrogens (primary N) is 1. The summed E-state index contributed by atoms with van der Waals surface area (Å²) < 4.78 is 4.98. The van der Waals surface area contributed by atoms with Crippen LogP contribution < -0.4 is 11.1 Å². The number of thiocarbonyl (C=S) groups is 1. The molecule has 0 bridgehead atoms. The lowest BCUT2D eigenvalue weighted by atomic mass is 10.2. The lowest BCUT2D eigenvalue weighted by molar-refractivity contribution is -0.116. The van der Waals surface area contributed by atoms with E-state index in [1.165, 1.54) is 0 Å². The van der Waals surface area contributed by atoms with Crippen LogP contribution in [0.5, 0.6) is 0 Å². The fourth-order valence-electron chi connectivity index (χ4n) is 1.59. The number of anilines is 1. The molecule has 0 aliphatic rings. The maximum atomic E-state index is 11.8. The van der Waals surface area contributed by atoms with Crippen molar-refractivity contribution >= 4 is 28.8 Å². The second-order valence-corrected chi connectivity index (χ2v) is 4.98. The zero-order valence-corrected chi connectivity index (χ0v) is 12.7. The van der Waals surface area contributed by atoms with E-state index in [-0.39, 0.29) is 5.91 Å². The van der Waals surface area contributed by atoms with E-state index >= 15 is 0 Å². The molecule has 0 saturated heterocycles. The average molecular weight is 295 g/mol. The van der Waals surface area contributed by atoms with Gasteiger partial charge in [-0.3, -0.25) is 4.79 Å². The molecule has 1 aromatic carbocycles. The van der Waals surface area contributed by atoms with Gasteiger partial charge in [-0.15, -0.1) is 0 Å². The van der Waals surface area contributed by atoms with Crippen LogP contribution in [0.3, 0.4) is 0 Å². The van der Waals surface area contributed by atoms with Gasteiger partial charge in [0, 0.05) is 37.9 Å². The van der Waals surface area contributed by atoms with Gasteiger partial charge in [-0.1, -0.05) is 12.2 Å². The van der Waals surface area contributed by atoms with Crippen LogP contribution in [0.15, 0.2) is 24.3 Å². The summed E-state index contributed by atoms with van der Waals surface area (Å²) in [6.45, 7) is 2.17. The standard InChI is InChI=1S/C14H21N3O2S/c1-17(9-10-19-2)8-7-13(18)16-12-5-3-11(4-6-12)14(15)20/h3-6H,7-10H2,1-2H3,(H2,15,20)(H,16,18). The second-order valence-electron chi connectivity index (χ2n) is 4.54. The molecule has 0 aliphatic heterocycles. The van der Waals surface area contributed by atoms with Gasteiger partial charge in [-0.05, 0) is 31.3 Å². The number of rotatable bonds is 8. The molecule has 1 aromatic rings. The Morgan fingerprint density at radius 1 is 1.35 bits per heavy atom. The fourth-order valence-corrected chi connectivity index (χ4v) is 1.73. The van der Waals surface area contributed by atoms with E-state index in [0.29, 0.717) is 24.6 Å². The Bertz CT molecular complexity index is 448. The monoisotopic (exact) mass is 295 g/mol. The summed E-state index contributed by atoms with van der Waals surface area (Å²) in [4.78, 5) is 14.2. The summed E-state index contributed by atoms with van der Waals surface area (Å²) in [5.74, 6) is -0.0164. The molecule has 20 heavy (non-hydrogen) atoms. The molecule has 0 aromatic heterocycles. The van der Waals surface area contributed by atoms with Gasteiger partial charge in [0.1, 0.15) is 4.99 Å². The molecule has 0 atom stereocenters. The normalized spacial score (nSPS) is 10.6. The highest BCUT2D eigenvalue weighted by Crippen LogP contribution is 2.09. The number of ether oxygens (including phenoxy) is 1. The van der Waals surface area contributed by atoms with Gasteiger partial charge in [-0.2, -0.15) is 0 Å². The maximum Gasteiger partial charge on any atom is 0.225 e. The first-order valence-electron chi connectivity index (χ1n) is 6.40. The number of carbonyl (C=O) groups is 1. The van der Waals surface area contributed by atoms with Gasteiger partial charge in [0.05, 0.1) is 6.61 Å². The van der Waals surface area contributed by atoms with Crippen molar-refractivity contribution in [3.8, 4) is 0 Å². The number of hydrogen-bond acceptors (Lipinski definition) is 4. The van der Waals surface area contributed by atoms with E-state index in [9.17, 15) is 4.79 Å². The molecule has 5 nitrogen and oxygen atoms in total. The number of hydrogen-bond donors (Lipinski definition) is 2. The fraction of sp³-hybridized carbons (Fsp3) is 0.429. The third-order valence-corrected chi connectivity index (χ3v) is 3.09. The molecule has 110 valence electrons. The molecular formula is C14H21N3O2S. The molecule has 0 fully saturated rings. The SMILES string of the molecule is COCCN(C)CCC(=O)Nc1ccc(C(N)=S)cc1. The summed E-state index contributed by atoms with van der Waals surface area (Å²) in [6.07, 6.45) is 0.442. The van der Waals surface area contributed by atoms with Crippen molar-refractivity contribution in [1.82, 2.24) is 4.90 Å². The van der Waals surface area contributed by atoms with Crippen LogP contribution >= 0.6 is 12.2 Å². The second kappa shape index (κ2) is 8.63. The Kier molecular flexibility index (Phi) is 7.14. The predicted octanol–water partition coefficient (Wildman–Crippen LogP) is 1.23. The number of nitrogens with zero attached hydrogens (tertiary/aromatic N) is 1. The zero-order chi connectivity index (χ0) is 15.0.